The highest BCUT2D eigenvalue weighted by Crippen LogP contribution is 2.23. The standard InChI is InChI=1S/C18H31N3O2/c22-17-9-4-5-10-21(17)15-18(23)20-12-6-11-19(13-14-20)16-7-2-1-3-8-16/h16H,1-15H2. The molecule has 5 nitrogen and oxygen atoms in total. The zero-order valence-electron chi connectivity index (χ0n) is 14.3. The molecule has 2 aliphatic heterocycles. The van der Waals surface area contributed by atoms with E-state index < -0.39 is 0 Å². The van der Waals surface area contributed by atoms with Gasteiger partial charge >= 0.3 is 0 Å². The maximum Gasteiger partial charge on any atom is 0.242 e. The average Bonchev–Trinajstić information content (AvgIpc) is 2.84. The minimum Gasteiger partial charge on any atom is -0.340 e. The van der Waals surface area contributed by atoms with Crippen molar-refractivity contribution >= 4 is 11.8 Å². The monoisotopic (exact) mass is 321 g/mol. The third-order valence-electron chi connectivity index (χ3n) is 5.72. The molecule has 1 aliphatic carbocycles. The Kier molecular flexibility index (Phi) is 5.92. The number of amides is 2. The van der Waals surface area contributed by atoms with Gasteiger partial charge in [0.15, 0.2) is 0 Å². The lowest BCUT2D eigenvalue weighted by Crippen LogP contribution is -2.46. The van der Waals surface area contributed by atoms with Crippen LogP contribution >= 0.6 is 0 Å². The molecule has 3 aliphatic rings. The molecular weight excluding hydrogens is 290 g/mol. The van der Waals surface area contributed by atoms with E-state index in [1.165, 1.54) is 32.1 Å². The molecule has 0 atom stereocenters. The molecular formula is C18H31N3O2. The summed E-state index contributed by atoms with van der Waals surface area (Å²) < 4.78 is 0. The van der Waals surface area contributed by atoms with E-state index in [9.17, 15) is 9.59 Å². The van der Waals surface area contributed by atoms with Gasteiger partial charge < -0.3 is 9.80 Å². The van der Waals surface area contributed by atoms with E-state index in [0.717, 1.165) is 58.0 Å². The van der Waals surface area contributed by atoms with E-state index >= 15 is 0 Å². The van der Waals surface area contributed by atoms with E-state index in [-0.39, 0.29) is 11.8 Å². The highest BCUT2D eigenvalue weighted by Gasteiger charge is 2.27. The van der Waals surface area contributed by atoms with Gasteiger partial charge in [0, 0.05) is 45.2 Å². The molecule has 0 aromatic rings. The third-order valence-corrected chi connectivity index (χ3v) is 5.72. The molecule has 0 aromatic carbocycles. The second kappa shape index (κ2) is 8.13. The maximum atomic E-state index is 12.6. The molecule has 0 spiro atoms. The Morgan fingerprint density at radius 2 is 1.70 bits per heavy atom. The Morgan fingerprint density at radius 3 is 2.48 bits per heavy atom. The van der Waals surface area contributed by atoms with Crippen LogP contribution in [-0.4, -0.2) is 71.8 Å². The summed E-state index contributed by atoms with van der Waals surface area (Å²) in [5.74, 6) is 0.300. The smallest absolute Gasteiger partial charge is 0.242 e. The van der Waals surface area contributed by atoms with E-state index in [4.69, 9.17) is 0 Å². The normalized spacial score (nSPS) is 25.5. The summed E-state index contributed by atoms with van der Waals surface area (Å²) in [5, 5.41) is 0. The molecule has 23 heavy (non-hydrogen) atoms. The number of nitrogens with zero attached hydrogens (tertiary/aromatic N) is 3. The van der Waals surface area contributed by atoms with Crippen molar-refractivity contribution in [1.82, 2.24) is 14.7 Å². The zero-order chi connectivity index (χ0) is 16.1. The van der Waals surface area contributed by atoms with Crippen LogP contribution in [0.15, 0.2) is 0 Å². The average molecular weight is 321 g/mol. The molecule has 0 N–H and O–H groups in total. The Hall–Kier alpha value is -1.10. The molecule has 3 fully saturated rings. The fraction of sp³-hybridized carbons (Fsp3) is 0.889. The number of hydrogen-bond acceptors (Lipinski definition) is 3. The Balaban J connectivity index is 1.48. The van der Waals surface area contributed by atoms with Crippen LogP contribution in [0.4, 0.5) is 0 Å². The third kappa shape index (κ3) is 4.46. The zero-order valence-corrected chi connectivity index (χ0v) is 14.3. The van der Waals surface area contributed by atoms with Crippen LogP contribution in [0, 0.1) is 0 Å². The minimum absolute atomic E-state index is 0.144. The predicted octanol–water partition coefficient (Wildman–Crippen LogP) is 1.87. The van der Waals surface area contributed by atoms with Gasteiger partial charge in [0.05, 0.1) is 6.54 Å². The van der Waals surface area contributed by atoms with E-state index in [0.29, 0.717) is 13.0 Å². The van der Waals surface area contributed by atoms with Crippen molar-refractivity contribution in [3.8, 4) is 0 Å². The van der Waals surface area contributed by atoms with E-state index in [1.807, 2.05) is 4.90 Å². The van der Waals surface area contributed by atoms with Crippen LogP contribution in [0.3, 0.4) is 0 Å². The summed E-state index contributed by atoms with van der Waals surface area (Å²) >= 11 is 0. The van der Waals surface area contributed by atoms with Gasteiger partial charge in [-0.1, -0.05) is 19.3 Å². The first kappa shape index (κ1) is 16.7. The molecule has 130 valence electrons. The van der Waals surface area contributed by atoms with Crippen LogP contribution in [0.25, 0.3) is 0 Å². The fourth-order valence-corrected chi connectivity index (χ4v) is 4.29. The number of carbonyl (C=O) groups is 2. The molecule has 0 radical (unpaired) electrons. The predicted molar refractivity (Wildman–Crippen MR) is 90.1 cm³/mol. The number of piperidine rings is 1. The summed E-state index contributed by atoms with van der Waals surface area (Å²) in [6.45, 7) is 4.86. The van der Waals surface area contributed by atoms with Crippen LogP contribution in [0.5, 0.6) is 0 Å². The lowest BCUT2D eigenvalue weighted by atomic mass is 9.94. The van der Waals surface area contributed by atoms with Gasteiger partial charge in [-0.3, -0.25) is 14.5 Å². The molecule has 5 heteroatoms. The molecule has 2 heterocycles. The quantitative estimate of drug-likeness (QED) is 0.797. The van der Waals surface area contributed by atoms with Crippen LogP contribution in [0.1, 0.15) is 57.8 Å². The summed E-state index contributed by atoms with van der Waals surface area (Å²) in [5.41, 5.74) is 0. The van der Waals surface area contributed by atoms with Gasteiger partial charge in [0.1, 0.15) is 0 Å². The van der Waals surface area contributed by atoms with Gasteiger partial charge in [-0.25, -0.2) is 0 Å². The van der Waals surface area contributed by atoms with Gasteiger partial charge in [-0.15, -0.1) is 0 Å². The number of rotatable bonds is 3. The van der Waals surface area contributed by atoms with E-state index in [2.05, 4.69) is 4.90 Å². The van der Waals surface area contributed by atoms with Crippen LogP contribution in [-0.2, 0) is 9.59 Å². The van der Waals surface area contributed by atoms with Crippen molar-refractivity contribution in [2.24, 2.45) is 0 Å². The molecule has 0 bridgehead atoms. The second-order valence-corrected chi connectivity index (χ2v) is 7.33. The lowest BCUT2D eigenvalue weighted by molar-refractivity contribution is -0.141. The Morgan fingerprint density at radius 1 is 0.870 bits per heavy atom. The van der Waals surface area contributed by atoms with Crippen LogP contribution in [0.2, 0.25) is 0 Å². The molecule has 0 unspecified atom stereocenters. The van der Waals surface area contributed by atoms with Gasteiger partial charge in [-0.05, 0) is 32.1 Å². The van der Waals surface area contributed by atoms with Gasteiger partial charge in [0.2, 0.25) is 11.8 Å². The molecule has 3 rings (SSSR count). The molecule has 2 amide bonds. The summed E-state index contributed by atoms with van der Waals surface area (Å²) in [6, 6.07) is 0.738. The largest absolute Gasteiger partial charge is 0.340 e. The highest BCUT2D eigenvalue weighted by atomic mass is 16.2. The molecule has 2 saturated heterocycles. The van der Waals surface area contributed by atoms with Gasteiger partial charge in [0.25, 0.3) is 0 Å². The van der Waals surface area contributed by atoms with Gasteiger partial charge in [-0.2, -0.15) is 0 Å². The topological polar surface area (TPSA) is 43.9 Å². The lowest BCUT2D eigenvalue weighted by Gasteiger charge is -2.33. The minimum atomic E-state index is 0.144. The molecule has 1 saturated carbocycles. The first-order valence-corrected chi connectivity index (χ1v) is 9.53. The Bertz CT molecular complexity index is 420. The number of hydrogen-bond donors (Lipinski definition) is 0. The first-order chi connectivity index (χ1) is 11.2. The maximum absolute atomic E-state index is 12.6. The van der Waals surface area contributed by atoms with E-state index in [1.54, 1.807) is 4.90 Å². The van der Waals surface area contributed by atoms with Crippen molar-refractivity contribution < 1.29 is 9.59 Å². The summed E-state index contributed by atoms with van der Waals surface area (Å²) in [4.78, 5) is 30.8. The summed E-state index contributed by atoms with van der Waals surface area (Å²) in [7, 11) is 0. The fourth-order valence-electron chi connectivity index (χ4n) is 4.29. The van der Waals surface area contributed by atoms with Crippen LogP contribution < -0.4 is 0 Å². The van der Waals surface area contributed by atoms with Crippen molar-refractivity contribution in [1.29, 1.82) is 0 Å². The van der Waals surface area contributed by atoms with Crippen molar-refractivity contribution in [2.45, 2.75) is 63.8 Å². The second-order valence-electron chi connectivity index (χ2n) is 7.33. The Labute approximate surface area is 140 Å². The van der Waals surface area contributed by atoms with Crippen molar-refractivity contribution in [3.05, 3.63) is 0 Å². The summed E-state index contributed by atoms with van der Waals surface area (Å²) in [6.07, 6.45) is 10.5. The highest BCUT2D eigenvalue weighted by molar-refractivity contribution is 5.85. The number of carbonyl (C=O) groups excluding carboxylic acids is 2. The van der Waals surface area contributed by atoms with Crippen molar-refractivity contribution in [3.63, 3.8) is 0 Å². The van der Waals surface area contributed by atoms with Crippen molar-refractivity contribution in [2.75, 3.05) is 39.3 Å². The SMILES string of the molecule is O=C(CN1CCCCC1=O)N1CCCN(C2CCCCC2)CC1. The number of likely N-dealkylation sites (tertiary alicyclic amines) is 1. The molecule has 0 aromatic heterocycles. The first-order valence-electron chi connectivity index (χ1n) is 9.53.